The fraction of sp³-hybridized carbons (Fsp3) is 0.562. The summed E-state index contributed by atoms with van der Waals surface area (Å²) < 4.78 is 5.66. The molecule has 0 radical (unpaired) electrons. The van der Waals surface area contributed by atoms with Crippen LogP contribution in [-0.2, 0) is 4.79 Å². The molecule has 1 aromatic carbocycles. The topological polar surface area (TPSA) is 41.6 Å². The molecule has 1 unspecified atom stereocenters. The lowest BCUT2D eigenvalue weighted by atomic mass is 10.1. The van der Waals surface area contributed by atoms with Crippen molar-refractivity contribution >= 4 is 5.91 Å². The predicted octanol–water partition coefficient (Wildman–Crippen LogP) is 1.89. The average molecular weight is 276 g/mol. The van der Waals surface area contributed by atoms with Crippen molar-refractivity contribution < 1.29 is 9.53 Å². The molecule has 1 heterocycles. The molecule has 0 saturated carbocycles. The number of nitrogens with one attached hydrogen (secondary N) is 1. The Bertz CT molecular complexity index is 474. The number of carbonyl (C=O) groups is 1. The van der Waals surface area contributed by atoms with E-state index in [9.17, 15) is 4.79 Å². The van der Waals surface area contributed by atoms with Crippen molar-refractivity contribution in [3.8, 4) is 5.75 Å². The number of nitrogens with zero attached hydrogens (tertiary/aromatic N) is 1. The van der Waals surface area contributed by atoms with Crippen LogP contribution < -0.4 is 10.1 Å². The van der Waals surface area contributed by atoms with Crippen molar-refractivity contribution in [2.75, 3.05) is 26.7 Å². The molecule has 0 aliphatic carbocycles. The minimum atomic E-state index is 0.0740. The molecule has 0 aromatic heterocycles. The van der Waals surface area contributed by atoms with Crippen LogP contribution in [-0.4, -0.2) is 43.6 Å². The van der Waals surface area contributed by atoms with Crippen molar-refractivity contribution in [1.82, 2.24) is 10.2 Å². The summed E-state index contributed by atoms with van der Waals surface area (Å²) in [5.74, 6) is 0.871. The summed E-state index contributed by atoms with van der Waals surface area (Å²) in [7, 11) is 1.95. The van der Waals surface area contributed by atoms with E-state index in [1.807, 2.05) is 37.9 Å². The number of likely N-dealkylation sites (N-methyl/N-ethyl adjacent to an activating group) is 1. The first kappa shape index (κ1) is 14.9. The third-order valence-corrected chi connectivity index (χ3v) is 3.86. The van der Waals surface area contributed by atoms with Crippen LogP contribution >= 0.6 is 0 Å². The maximum Gasteiger partial charge on any atom is 0.260 e. The molecule has 4 heteroatoms. The molecule has 1 aliphatic rings. The van der Waals surface area contributed by atoms with Gasteiger partial charge in [-0.05, 0) is 45.4 Å². The van der Waals surface area contributed by atoms with Crippen LogP contribution in [0.5, 0.6) is 5.75 Å². The van der Waals surface area contributed by atoms with E-state index in [4.69, 9.17) is 4.74 Å². The Morgan fingerprint density at radius 3 is 2.95 bits per heavy atom. The second kappa shape index (κ2) is 6.75. The normalized spacial score (nSPS) is 18.9. The second-order valence-electron chi connectivity index (χ2n) is 5.53. The molecule has 110 valence electrons. The Labute approximate surface area is 121 Å². The van der Waals surface area contributed by atoms with Crippen LogP contribution in [0, 0.1) is 13.8 Å². The van der Waals surface area contributed by atoms with Gasteiger partial charge in [0.25, 0.3) is 5.91 Å². The average Bonchev–Trinajstić information content (AvgIpc) is 2.46. The number of hydrogen-bond acceptors (Lipinski definition) is 3. The molecule has 20 heavy (non-hydrogen) atoms. The maximum atomic E-state index is 12.2. The molecule has 2 rings (SSSR count). The van der Waals surface area contributed by atoms with Gasteiger partial charge in [0.15, 0.2) is 6.61 Å². The van der Waals surface area contributed by atoms with Crippen LogP contribution in [0.4, 0.5) is 0 Å². The van der Waals surface area contributed by atoms with Crippen LogP contribution in [0.25, 0.3) is 0 Å². The van der Waals surface area contributed by atoms with Gasteiger partial charge in [-0.25, -0.2) is 0 Å². The van der Waals surface area contributed by atoms with Crippen LogP contribution in [0.15, 0.2) is 18.2 Å². The van der Waals surface area contributed by atoms with E-state index in [0.717, 1.165) is 37.2 Å². The fourth-order valence-corrected chi connectivity index (χ4v) is 2.63. The highest BCUT2D eigenvalue weighted by atomic mass is 16.5. The molecule has 0 spiro atoms. The minimum absolute atomic E-state index is 0.0740. The van der Waals surface area contributed by atoms with Gasteiger partial charge >= 0.3 is 0 Å². The molecule has 1 N–H and O–H groups in total. The van der Waals surface area contributed by atoms with Crippen molar-refractivity contribution in [2.24, 2.45) is 0 Å². The van der Waals surface area contributed by atoms with E-state index in [-0.39, 0.29) is 12.5 Å². The summed E-state index contributed by atoms with van der Waals surface area (Å²) in [4.78, 5) is 14.1. The van der Waals surface area contributed by atoms with Crippen molar-refractivity contribution in [3.63, 3.8) is 0 Å². The monoisotopic (exact) mass is 276 g/mol. The predicted molar refractivity (Wildman–Crippen MR) is 80.1 cm³/mol. The summed E-state index contributed by atoms with van der Waals surface area (Å²) in [6, 6.07) is 6.42. The summed E-state index contributed by atoms with van der Waals surface area (Å²) in [6.07, 6.45) is 2.19. The number of aryl methyl sites for hydroxylation is 2. The van der Waals surface area contributed by atoms with E-state index in [1.165, 1.54) is 5.56 Å². The smallest absolute Gasteiger partial charge is 0.260 e. The standard InChI is InChI=1S/C16H24N2O2/c1-12-6-7-15(13(2)9-12)20-11-16(19)18-8-4-5-14(10-18)17-3/h6-7,9,14,17H,4-5,8,10-11H2,1-3H3. The highest BCUT2D eigenvalue weighted by Gasteiger charge is 2.22. The molecule has 1 aliphatic heterocycles. The molecular weight excluding hydrogens is 252 g/mol. The third-order valence-electron chi connectivity index (χ3n) is 3.86. The SMILES string of the molecule is CNC1CCCN(C(=O)COc2ccc(C)cc2C)C1. The van der Waals surface area contributed by atoms with Crippen molar-refractivity contribution in [3.05, 3.63) is 29.3 Å². The lowest BCUT2D eigenvalue weighted by Crippen LogP contribution is -2.48. The molecule has 1 saturated heterocycles. The van der Waals surface area contributed by atoms with Gasteiger partial charge in [0.05, 0.1) is 0 Å². The largest absolute Gasteiger partial charge is 0.484 e. The molecule has 1 atom stereocenters. The first-order valence-corrected chi connectivity index (χ1v) is 7.25. The van der Waals surface area contributed by atoms with Crippen molar-refractivity contribution in [2.45, 2.75) is 32.7 Å². The Balaban J connectivity index is 1.88. The lowest BCUT2D eigenvalue weighted by molar-refractivity contribution is -0.134. The maximum absolute atomic E-state index is 12.2. The Morgan fingerprint density at radius 1 is 1.45 bits per heavy atom. The second-order valence-corrected chi connectivity index (χ2v) is 5.53. The highest BCUT2D eigenvalue weighted by Crippen LogP contribution is 2.19. The molecule has 0 bridgehead atoms. The van der Waals surface area contributed by atoms with Gasteiger partial charge in [0.2, 0.25) is 0 Å². The quantitative estimate of drug-likeness (QED) is 0.913. The Morgan fingerprint density at radius 2 is 2.25 bits per heavy atom. The summed E-state index contributed by atoms with van der Waals surface area (Å²) in [5, 5.41) is 3.24. The van der Waals surface area contributed by atoms with Crippen LogP contribution in [0.1, 0.15) is 24.0 Å². The van der Waals surface area contributed by atoms with Crippen molar-refractivity contribution in [1.29, 1.82) is 0 Å². The van der Waals surface area contributed by atoms with Gasteiger partial charge in [-0.3, -0.25) is 4.79 Å². The number of likely N-dealkylation sites (tertiary alicyclic amines) is 1. The Kier molecular flexibility index (Phi) is 5.01. The Hall–Kier alpha value is -1.55. The third kappa shape index (κ3) is 3.73. The minimum Gasteiger partial charge on any atom is -0.484 e. The van der Waals surface area contributed by atoms with E-state index in [2.05, 4.69) is 11.4 Å². The molecular formula is C16H24N2O2. The van der Waals surface area contributed by atoms with Crippen LogP contribution in [0.3, 0.4) is 0 Å². The first-order valence-electron chi connectivity index (χ1n) is 7.25. The van der Waals surface area contributed by atoms with E-state index < -0.39 is 0 Å². The summed E-state index contributed by atoms with van der Waals surface area (Å²) >= 11 is 0. The van der Waals surface area contributed by atoms with E-state index >= 15 is 0 Å². The number of rotatable bonds is 4. The molecule has 1 aromatic rings. The first-order chi connectivity index (χ1) is 9.60. The van der Waals surface area contributed by atoms with E-state index in [0.29, 0.717) is 6.04 Å². The zero-order chi connectivity index (χ0) is 14.5. The van der Waals surface area contributed by atoms with Gasteiger partial charge in [0.1, 0.15) is 5.75 Å². The number of carbonyl (C=O) groups excluding carboxylic acids is 1. The zero-order valence-electron chi connectivity index (χ0n) is 12.6. The molecule has 4 nitrogen and oxygen atoms in total. The number of ether oxygens (including phenoxy) is 1. The van der Waals surface area contributed by atoms with Gasteiger partial charge in [0, 0.05) is 19.1 Å². The van der Waals surface area contributed by atoms with E-state index in [1.54, 1.807) is 0 Å². The molecule has 1 amide bonds. The fourth-order valence-electron chi connectivity index (χ4n) is 2.63. The number of amides is 1. The number of benzene rings is 1. The lowest BCUT2D eigenvalue weighted by Gasteiger charge is -2.32. The van der Waals surface area contributed by atoms with Gasteiger partial charge in [-0.1, -0.05) is 17.7 Å². The summed E-state index contributed by atoms with van der Waals surface area (Å²) in [6.45, 7) is 5.80. The molecule has 1 fully saturated rings. The summed E-state index contributed by atoms with van der Waals surface area (Å²) in [5.41, 5.74) is 2.28. The number of piperidine rings is 1. The zero-order valence-corrected chi connectivity index (χ0v) is 12.6. The van der Waals surface area contributed by atoms with Gasteiger partial charge in [-0.15, -0.1) is 0 Å². The van der Waals surface area contributed by atoms with Gasteiger partial charge < -0.3 is 15.0 Å². The highest BCUT2D eigenvalue weighted by molar-refractivity contribution is 5.78. The number of hydrogen-bond donors (Lipinski definition) is 1. The van der Waals surface area contributed by atoms with Crippen LogP contribution in [0.2, 0.25) is 0 Å². The van der Waals surface area contributed by atoms with Gasteiger partial charge in [-0.2, -0.15) is 0 Å².